The van der Waals surface area contributed by atoms with Gasteiger partial charge in [0.25, 0.3) is 0 Å². The molecule has 0 fully saturated rings. The van der Waals surface area contributed by atoms with Crippen molar-refractivity contribution in [3.8, 4) is 11.5 Å². The maximum Gasteiger partial charge on any atom is 0.343 e. The molecule has 0 saturated heterocycles. The maximum absolute atomic E-state index is 12.9. The molecule has 0 aliphatic heterocycles. The molecule has 0 unspecified atom stereocenters. The standard InChI is InChI=1S/C23H17FO4/c1-27-20-13-7-17(8-14-20)22(25)15-4-16-2-11-21(12-3-16)28-23(26)18-5-9-19(24)10-6-18/h2-15H,1H3/b15-4+. The van der Waals surface area contributed by atoms with Crippen molar-refractivity contribution in [2.75, 3.05) is 7.11 Å². The fourth-order valence-electron chi connectivity index (χ4n) is 2.42. The Labute approximate surface area is 161 Å². The van der Waals surface area contributed by atoms with Crippen LogP contribution in [-0.2, 0) is 0 Å². The summed E-state index contributed by atoms with van der Waals surface area (Å²) in [4.78, 5) is 24.2. The second kappa shape index (κ2) is 8.77. The molecular weight excluding hydrogens is 359 g/mol. The number of hydrogen-bond acceptors (Lipinski definition) is 4. The molecule has 28 heavy (non-hydrogen) atoms. The molecule has 3 rings (SSSR count). The van der Waals surface area contributed by atoms with Crippen LogP contribution in [-0.4, -0.2) is 18.9 Å². The molecule has 5 heteroatoms. The van der Waals surface area contributed by atoms with Gasteiger partial charge >= 0.3 is 5.97 Å². The number of carbonyl (C=O) groups excluding carboxylic acids is 2. The van der Waals surface area contributed by atoms with E-state index in [9.17, 15) is 14.0 Å². The summed E-state index contributed by atoms with van der Waals surface area (Å²) in [5.41, 5.74) is 1.60. The van der Waals surface area contributed by atoms with Crippen molar-refractivity contribution in [2.45, 2.75) is 0 Å². The summed E-state index contributed by atoms with van der Waals surface area (Å²) >= 11 is 0. The second-order valence-corrected chi connectivity index (χ2v) is 5.89. The van der Waals surface area contributed by atoms with Crippen LogP contribution in [0.5, 0.6) is 11.5 Å². The molecule has 0 amide bonds. The molecule has 0 spiro atoms. The monoisotopic (exact) mass is 376 g/mol. The quantitative estimate of drug-likeness (QED) is 0.264. The van der Waals surface area contributed by atoms with Gasteiger partial charge in [-0.1, -0.05) is 18.2 Å². The van der Waals surface area contributed by atoms with E-state index in [2.05, 4.69) is 0 Å². The molecule has 0 heterocycles. The van der Waals surface area contributed by atoms with Crippen molar-refractivity contribution >= 4 is 17.8 Å². The smallest absolute Gasteiger partial charge is 0.343 e. The van der Waals surface area contributed by atoms with Crippen molar-refractivity contribution in [3.05, 3.63) is 101 Å². The molecule has 140 valence electrons. The minimum absolute atomic E-state index is 0.130. The van der Waals surface area contributed by atoms with Crippen LogP contribution in [0.15, 0.2) is 78.9 Å². The number of methoxy groups -OCH3 is 1. The summed E-state index contributed by atoms with van der Waals surface area (Å²) in [6, 6.07) is 18.7. The van der Waals surface area contributed by atoms with Crippen LogP contribution in [0.25, 0.3) is 6.08 Å². The number of allylic oxidation sites excluding steroid dienone is 1. The molecular formula is C23H17FO4. The summed E-state index contributed by atoms with van der Waals surface area (Å²) in [5.74, 6) is -0.0800. The van der Waals surface area contributed by atoms with Crippen LogP contribution in [0, 0.1) is 5.82 Å². The molecule has 0 atom stereocenters. The molecule has 3 aromatic rings. The minimum atomic E-state index is -0.571. The Bertz CT molecular complexity index is 988. The van der Waals surface area contributed by atoms with Crippen molar-refractivity contribution < 1.29 is 23.5 Å². The lowest BCUT2D eigenvalue weighted by Gasteiger charge is -2.04. The van der Waals surface area contributed by atoms with E-state index < -0.39 is 11.8 Å². The molecule has 0 N–H and O–H groups in total. The number of halogens is 1. The van der Waals surface area contributed by atoms with Gasteiger partial charge in [0, 0.05) is 5.56 Å². The zero-order valence-corrected chi connectivity index (χ0v) is 15.1. The average Bonchev–Trinajstić information content (AvgIpc) is 2.73. The number of hydrogen-bond donors (Lipinski definition) is 0. The van der Waals surface area contributed by atoms with Crippen molar-refractivity contribution in [2.24, 2.45) is 0 Å². The summed E-state index contributed by atoms with van der Waals surface area (Å²) in [5, 5.41) is 0. The third-order valence-corrected chi connectivity index (χ3v) is 3.97. The van der Waals surface area contributed by atoms with Gasteiger partial charge in [-0.2, -0.15) is 0 Å². The van der Waals surface area contributed by atoms with Crippen LogP contribution >= 0.6 is 0 Å². The van der Waals surface area contributed by atoms with Crippen molar-refractivity contribution in [1.82, 2.24) is 0 Å². The highest BCUT2D eigenvalue weighted by atomic mass is 19.1. The maximum atomic E-state index is 12.9. The summed E-state index contributed by atoms with van der Waals surface area (Å²) in [6.07, 6.45) is 3.15. The molecule has 4 nitrogen and oxygen atoms in total. The van der Waals surface area contributed by atoms with Crippen LogP contribution in [0.4, 0.5) is 4.39 Å². The van der Waals surface area contributed by atoms with E-state index in [1.807, 2.05) is 0 Å². The van der Waals surface area contributed by atoms with Gasteiger partial charge in [-0.05, 0) is 72.3 Å². The second-order valence-electron chi connectivity index (χ2n) is 5.89. The average molecular weight is 376 g/mol. The third-order valence-electron chi connectivity index (χ3n) is 3.97. The minimum Gasteiger partial charge on any atom is -0.497 e. The van der Waals surface area contributed by atoms with Gasteiger partial charge in [0.15, 0.2) is 5.78 Å². The molecule has 0 saturated carbocycles. The van der Waals surface area contributed by atoms with Gasteiger partial charge < -0.3 is 9.47 Å². The molecule has 0 aliphatic carbocycles. The molecule has 0 aliphatic rings. The normalized spacial score (nSPS) is 10.6. The van der Waals surface area contributed by atoms with Crippen molar-refractivity contribution in [3.63, 3.8) is 0 Å². The summed E-state index contributed by atoms with van der Waals surface area (Å²) < 4.78 is 23.2. The first-order valence-corrected chi connectivity index (χ1v) is 8.49. The number of ketones is 1. The fourth-order valence-corrected chi connectivity index (χ4v) is 2.42. The Balaban J connectivity index is 1.61. The van der Waals surface area contributed by atoms with Crippen LogP contribution in [0.1, 0.15) is 26.3 Å². The predicted molar refractivity (Wildman–Crippen MR) is 104 cm³/mol. The Morgan fingerprint density at radius 1 is 0.786 bits per heavy atom. The lowest BCUT2D eigenvalue weighted by molar-refractivity contribution is 0.0734. The highest BCUT2D eigenvalue weighted by Crippen LogP contribution is 2.16. The first kappa shape index (κ1) is 19.0. The Morgan fingerprint density at radius 3 is 1.96 bits per heavy atom. The third kappa shape index (κ3) is 4.92. The highest BCUT2D eigenvalue weighted by Gasteiger charge is 2.08. The number of esters is 1. The SMILES string of the molecule is COc1ccc(C(=O)/C=C/c2ccc(OC(=O)c3ccc(F)cc3)cc2)cc1. The zero-order chi connectivity index (χ0) is 19.9. The summed E-state index contributed by atoms with van der Waals surface area (Å²) in [7, 11) is 1.57. The number of ether oxygens (including phenoxy) is 2. The lowest BCUT2D eigenvalue weighted by Crippen LogP contribution is -2.08. The van der Waals surface area contributed by atoms with Crippen LogP contribution < -0.4 is 9.47 Å². The van der Waals surface area contributed by atoms with Gasteiger partial charge in [0.2, 0.25) is 0 Å². The van der Waals surface area contributed by atoms with Crippen molar-refractivity contribution in [1.29, 1.82) is 0 Å². The van der Waals surface area contributed by atoms with Gasteiger partial charge in [0.1, 0.15) is 17.3 Å². The van der Waals surface area contributed by atoms with E-state index in [0.29, 0.717) is 17.1 Å². The van der Waals surface area contributed by atoms with E-state index in [1.165, 1.54) is 30.3 Å². The Kier molecular flexibility index (Phi) is 5.97. The van der Waals surface area contributed by atoms with Gasteiger partial charge in [-0.25, -0.2) is 9.18 Å². The first-order valence-electron chi connectivity index (χ1n) is 8.49. The van der Waals surface area contributed by atoms with Gasteiger partial charge in [-0.3, -0.25) is 4.79 Å². The van der Waals surface area contributed by atoms with E-state index in [0.717, 1.165) is 5.56 Å². The van der Waals surface area contributed by atoms with Gasteiger partial charge in [0.05, 0.1) is 12.7 Å². The van der Waals surface area contributed by atoms with E-state index in [1.54, 1.807) is 61.7 Å². The largest absolute Gasteiger partial charge is 0.497 e. The number of carbonyl (C=O) groups is 2. The molecule has 0 aromatic heterocycles. The lowest BCUT2D eigenvalue weighted by atomic mass is 10.1. The van der Waals surface area contributed by atoms with E-state index >= 15 is 0 Å². The molecule has 0 bridgehead atoms. The fraction of sp³-hybridized carbons (Fsp3) is 0.0435. The van der Waals surface area contributed by atoms with E-state index in [4.69, 9.17) is 9.47 Å². The zero-order valence-electron chi connectivity index (χ0n) is 15.1. The van der Waals surface area contributed by atoms with Crippen LogP contribution in [0.2, 0.25) is 0 Å². The topological polar surface area (TPSA) is 52.6 Å². The Morgan fingerprint density at radius 2 is 1.36 bits per heavy atom. The first-order chi connectivity index (χ1) is 13.5. The van der Waals surface area contributed by atoms with Crippen LogP contribution in [0.3, 0.4) is 0 Å². The predicted octanol–water partition coefficient (Wildman–Crippen LogP) is 4.95. The Hall–Kier alpha value is -3.73. The number of benzene rings is 3. The number of rotatable bonds is 6. The molecule has 3 aromatic carbocycles. The highest BCUT2D eigenvalue weighted by molar-refractivity contribution is 6.06. The summed E-state index contributed by atoms with van der Waals surface area (Å²) in [6.45, 7) is 0. The van der Waals surface area contributed by atoms with E-state index in [-0.39, 0.29) is 11.3 Å². The van der Waals surface area contributed by atoms with Gasteiger partial charge in [-0.15, -0.1) is 0 Å². The molecule has 0 radical (unpaired) electrons.